The topological polar surface area (TPSA) is 84.2 Å². The number of hydrogen-bond donors (Lipinski definition) is 2. The Bertz CT molecular complexity index is 486. The SMILES string of the molecule is CCc1nn(C)cc1C(=O)N[C@@H](C(=O)O)C(C)(C)C. The van der Waals surface area contributed by atoms with Gasteiger partial charge < -0.3 is 10.4 Å². The van der Waals surface area contributed by atoms with Gasteiger partial charge in [0.15, 0.2) is 0 Å². The Hall–Kier alpha value is -1.85. The molecule has 6 heteroatoms. The number of carboxylic acids is 1. The number of rotatable bonds is 4. The second-order valence-electron chi connectivity index (χ2n) is 5.63. The van der Waals surface area contributed by atoms with Crippen LogP contribution in [0.3, 0.4) is 0 Å². The second kappa shape index (κ2) is 5.42. The number of carbonyl (C=O) groups is 2. The Morgan fingerprint density at radius 2 is 2.05 bits per heavy atom. The summed E-state index contributed by atoms with van der Waals surface area (Å²) < 4.78 is 1.56. The Morgan fingerprint density at radius 1 is 1.47 bits per heavy atom. The summed E-state index contributed by atoms with van der Waals surface area (Å²) >= 11 is 0. The molecule has 0 saturated carbocycles. The maximum Gasteiger partial charge on any atom is 0.326 e. The van der Waals surface area contributed by atoms with Crippen molar-refractivity contribution in [2.75, 3.05) is 0 Å². The van der Waals surface area contributed by atoms with Gasteiger partial charge in [0, 0.05) is 13.2 Å². The maximum atomic E-state index is 12.2. The molecule has 0 unspecified atom stereocenters. The molecule has 1 aromatic rings. The first-order chi connectivity index (χ1) is 8.66. The molecule has 1 heterocycles. The lowest BCUT2D eigenvalue weighted by atomic mass is 9.86. The first kappa shape index (κ1) is 15.2. The average molecular weight is 267 g/mol. The summed E-state index contributed by atoms with van der Waals surface area (Å²) in [6.45, 7) is 7.22. The lowest BCUT2D eigenvalue weighted by Crippen LogP contribution is -2.49. The predicted octanol–water partition coefficient (Wildman–Crippen LogP) is 1.21. The fraction of sp³-hybridized carbons (Fsp3) is 0.615. The number of nitrogens with zero attached hydrogens (tertiary/aromatic N) is 2. The van der Waals surface area contributed by atoms with Crippen LogP contribution >= 0.6 is 0 Å². The van der Waals surface area contributed by atoms with E-state index in [-0.39, 0.29) is 0 Å². The highest BCUT2D eigenvalue weighted by atomic mass is 16.4. The summed E-state index contributed by atoms with van der Waals surface area (Å²) in [6.07, 6.45) is 2.23. The van der Waals surface area contributed by atoms with Crippen LogP contribution in [-0.2, 0) is 18.3 Å². The lowest BCUT2D eigenvalue weighted by Gasteiger charge is -2.27. The minimum Gasteiger partial charge on any atom is -0.480 e. The lowest BCUT2D eigenvalue weighted by molar-refractivity contribution is -0.142. The van der Waals surface area contributed by atoms with Crippen LogP contribution in [0.4, 0.5) is 0 Å². The van der Waals surface area contributed by atoms with E-state index >= 15 is 0 Å². The van der Waals surface area contributed by atoms with Crippen LogP contribution in [0.2, 0.25) is 0 Å². The zero-order valence-corrected chi connectivity index (χ0v) is 12.0. The van der Waals surface area contributed by atoms with Gasteiger partial charge in [-0.2, -0.15) is 5.10 Å². The van der Waals surface area contributed by atoms with Gasteiger partial charge in [0.2, 0.25) is 0 Å². The molecule has 1 amide bonds. The van der Waals surface area contributed by atoms with Gasteiger partial charge in [-0.25, -0.2) is 4.79 Å². The minimum absolute atomic E-state index is 0.396. The Labute approximate surface area is 112 Å². The fourth-order valence-corrected chi connectivity index (χ4v) is 1.84. The van der Waals surface area contributed by atoms with Crippen molar-refractivity contribution in [3.05, 3.63) is 17.5 Å². The van der Waals surface area contributed by atoms with E-state index < -0.39 is 23.3 Å². The van der Waals surface area contributed by atoms with E-state index in [1.807, 2.05) is 6.92 Å². The van der Waals surface area contributed by atoms with Crippen molar-refractivity contribution in [1.82, 2.24) is 15.1 Å². The van der Waals surface area contributed by atoms with Crippen molar-refractivity contribution < 1.29 is 14.7 Å². The van der Waals surface area contributed by atoms with Crippen molar-refractivity contribution in [3.63, 3.8) is 0 Å². The minimum atomic E-state index is -1.04. The summed E-state index contributed by atoms with van der Waals surface area (Å²) in [4.78, 5) is 23.4. The zero-order chi connectivity index (χ0) is 14.8. The van der Waals surface area contributed by atoms with Crippen LogP contribution in [0, 0.1) is 5.41 Å². The van der Waals surface area contributed by atoms with E-state index in [0.717, 1.165) is 0 Å². The fourth-order valence-electron chi connectivity index (χ4n) is 1.84. The van der Waals surface area contributed by atoms with Crippen LogP contribution in [0.15, 0.2) is 6.20 Å². The maximum absolute atomic E-state index is 12.2. The van der Waals surface area contributed by atoms with E-state index in [1.54, 1.807) is 38.7 Å². The summed E-state index contributed by atoms with van der Waals surface area (Å²) in [6, 6.07) is -0.940. The Kier molecular flexibility index (Phi) is 4.34. The van der Waals surface area contributed by atoms with Crippen molar-refractivity contribution in [3.8, 4) is 0 Å². The second-order valence-corrected chi connectivity index (χ2v) is 5.63. The first-order valence-electron chi connectivity index (χ1n) is 6.23. The van der Waals surface area contributed by atoms with E-state index in [4.69, 9.17) is 0 Å². The third-order valence-electron chi connectivity index (χ3n) is 2.87. The van der Waals surface area contributed by atoms with Gasteiger partial charge in [-0.05, 0) is 11.8 Å². The summed E-state index contributed by atoms with van der Waals surface area (Å²) in [5, 5.41) is 15.9. The Morgan fingerprint density at radius 3 is 2.47 bits per heavy atom. The predicted molar refractivity (Wildman–Crippen MR) is 70.9 cm³/mol. The molecule has 2 N–H and O–H groups in total. The molecule has 0 saturated heterocycles. The van der Waals surface area contributed by atoms with Gasteiger partial charge in [-0.1, -0.05) is 27.7 Å². The summed E-state index contributed by atoms with van der Waals surface area (Å²) in [7, 11) is 1.73. The van der Waals surface area contributed by atoms with Gasteiger partial charge >= 0.3 is 5.97 Å². The molecule has 0 aliphatic rings. The molecule has 6 nitrogen and oxygen atoms in total. The molecule has 1 rings (SSSR count). The number of hydrogen-bond acceptors (Lipinski definition) is 3. The van der Waals surface area contributed by atoms with E-state index in [2.05, 4.69) is 10.4 Å². The van der Waals surface area contributed by atoms with Crippen LogP contribution in [0.25, 0.3) is 0 Å². The summed E-state index contributed by atoms with van der Waals surface area (Å²) in [5.41, 5.74) is 0.536. The molecule has 19 heavy (non-hydrogen) atoms. The largest absolute Gasteiger partial charge is 0.480 e. The van der Waals surface area contributed by atoms with E-state index in [0.29, 0.717) is 17.7 Å². The van der Waals surface area contributed by atoms with Crippen molar-refractivity contribution in [1.29, 1.82) is 0 Å². The van der Waals surface area contributed by atoms with Crippen molar-refractivity contribution >= 4 is 11.9 Å². The third kappa shape index (κ3) is 3.56. The zero-order valence-electron chi connectivity index (χ0n) is 12.0. The molecule has 0 spiro atoms. The van der Waals surface area contributed by atoms with Crippen LogP contribution < -0.4 is 5.32 Å². The molecule has 1 aromatic heterocycles. The number of aryl methyl sites for hydroxylation is 2. The molecular weight excluding hydrogens is 246 g/mol. The van der Waals surface area contributed by atoms with E-state index in [1.165, 1.54) is 0 Å². The normalized spacial score (nSPS) is 13.1. The first-order valence-corrected chi connectivity index (χ1v) is 6.23. The van der Waals surface area contributed by atoms with Crippen molar-refractivity contribution in [2.45, 2.75) is 40.2 Å². The third-order valence-corrected chi connectivity index (χ3v) is 2.87. The van der Waals surface area contributed by atoms with Crippen LogP contribution in [-0.4, -0.2) is 32.8 Å². The average Bonchev–Trinajstić information content (AvgIpc) is 2.65. The molecule has 0 bridgehead atoms. The smallest absolute Gasteiger partial charge is 0.326 e. The molecule has 1 atom stereocenters. The highest BCUT2D eigenvalue weighted by molar-refractivity contribution is 5.97. The molecule has 0 aliphatic carbocycles. The van der Waals surface area contributed by atoms with E-state index in [9.17, 15) is 14.7 Å². The number of aliphatic carboxylic acids is 1. The number of nitrogens with one attached hydrogen (secondary N) is 1. The Balaban J connectivity index is 2.97. The highest BCUT2D eigenvalue weighted by Gasteiger charge is 2.33. The van der Waals surface area contributed by atoms with Gasteiger partial charge in [0.25, 0.3) is 5.91 Å². The number of carbonyl (C=O) groups excluding carboxylic acids is 1. The highest BCUT2D eigenvalue weighted by Crippen LogP contribution is 2.20. The molecule has 0 fully saturated rings. The monoisotopic (exact) mass is 267 g/mol. The number of aromatic nitrogens is 2. The molecule has 0 aliphatic heterocycles. The van der Waals surface area contributed by atoms with Gasteiger partial charge in [-0.15, -0.1) is 0 Å². The molecular formula is C13H21N3O3. The van der Waals surface area contributed by atoms with Crippen LogP contribution in [0.1, 0.15) is 43.7 Å². The van der Waals surface area contributed by atoms with Crippen molar-refractivity contribution in [2.24, 2.45) is 12.5 Å². The molecule has 0 radical (unpaired) electrons. The van der Waals surface area contributed by atoms with Crippen LogP contribution in [0.5, 0.6) is 0 Å². The molecule has 106 valence electrons. The number of amides is 1. The summed E-state index contributed by atoms with van der Waals surface area (Å²) in [5.74, 6) is -1.44. The standard InChI is InChI=1S/C13H21N3O3/c1-6-9-8(7-16(5)15-9)11(17)14-10(12(18)19)13(2,3)4/h7,10H,6H2,1-5H3,(H,14,17)(H,18,19)/t10-/m0/s1. The van der Waals surface area contributed by atoms with Gasteiger partial charge in [0.05, 0.1) is 11.3 Å². The van der Waals surface area contributed by atoms with Gasteiger partial charge in [0.1, 0.15) is 6.04 Å². The van der Waals surface area contributed by atoms with Gasteiger partial charge in [-0.3, -0.25) is 9.48 Å². The quantitative estimate of drug-likeness (QED) is 0.858. The number of carboxylic acid groups (broad SMARTS) is 1. The molecule has 0 aromatic carbocycles.